The molecule has 0 aromatic heterocycles. The molecule has 0 radical (unpaired) electrons. The summed E-state index contributed by atoms with van der Waals surface area (Å²) >= 11 is 3.42. The van der Waals surface area contributed by atoms with Gasteiger partial charge in [-0.05, 0) is 41.1 Å². The Kier molecular flexibility index (Phi) is 4.78. The maximum absolute atomic E-state index is 10.6. The molecule has 1 aromatic rings. The Balaban J connectivity index is 2.97. The van der Waals surface area contributed by atoms with Gasteiger partial charge in [-0.15, -0.1) is 0 Å². The molecule has 0 aliphatic heterocycles. The Labute approximate surface area is 97.8 Å². The van der Waals surface area contributed by atoms with E-state index in [1.165, 1.54) is 0 Å². The van der Waals surface area contributed by atoms with Crippen molar-refractivity contribution in [3.63, 3.8) is 0 Å². The fourth-order valence-electron chi connectivity index (χ4n) is 1.42. The van der Waals surface area contributed by atoms with Gasteiger partial charge in [0.2, 0.25) is 0 Å². The van der Waals surface area contributed by atoms with Gasteiger partial charge in [-0.25, -0.2) is 0 Å². The van der Waals surface area contributed by atoms with Crippen molar-refractivity contribution in [1.29, 1.82) is 0 Å². The van der Waals surface area contributed by atoms with Crippen molar-refractivity contribution in [2.75, 3.05) is 24.6 Å². The monoisotopic (exact) mass is 271 g/mol. The van der Waals surface area contributed by atoms with Crippen LogP contribution in [0.2, 0.25) is 0 Å². The number of likely N-dealkylation sites (N-methyl/N-ethyl adjacent to an activating group) is 1. The molecule has 82 valence electrons. The second-order valence-electron chi connectivity index (χ2n) is 3.13. The van der Waals surface area contributed by atoms with Gasteiger partial charge in [-0.1, -0.05) is 0 Å². The zero-order valence-electron chi connectivity index (χ0n) is 8.61. The summed E-state index contributed by atoms with van der Waals surface area (Å²) in [4.78, 5) is 12.6. The van der Waals surface area contributed by atoms with Crippen molar-refractivity contribution in [1.82, 2.24) is 0 Å². The standard InChI is InChI=1S/C11H14BrNO2/c1-2-13(5-6-14)11-4-3-9(8-15)7-10(11)12/h3-4,7-8,14H,2,5-6H2,1H3. The van der Waals surface area contributed by atoms with Gasteiger partial charge in [0.05, 0.1) is 12.3 Å². The molecule has 0 saturated heterocycles. The van der Waals surface area contributed by atoms with Crippen molar-refractivity contribution in [3.8, 4) is 0 Å². The van der Waals surface area contributed by atoms with Crippen LogP contribution in [0.3, 0.4) is 0 Å². The lowest BCUT2D eigenvalue weighted by atomic mass is 10.2. The van der Waals surface area contributed by atoms with E-state index < -0.39 is 0 Å². The van der Waals surface area contributed by atoms with Crippen LogP contribution in [0, 0.1) is 0 Å². The highest BCUT2D eigenvalue weighted by Crippen LogP contribution is 2.26. The minimum Gasteiger partial charge on any atom is -0.395 e. The van der Waals surface area contributed by atoms with Gasteiger partial charge in [0.25, 0.3) is 0 Å². The van der Waals surface area contributed by atoms with Crippen molar-refractivity contribution >= 4 is 27.9 Å². The maximum atomic E-state index is 10.6. The normalized spacial score (nSPS) is 10.1. The fourth-order valence-corrected chi connectivity index (χ4v) is 2.07. The van der Waals surface area contributed by atoms with E-state index in [9.17, 15) is 4.79 Å². The number of nitrogens with zero attached hydrogens (tertiary/aromatic N) is 1. The average Bonchev–Trinajstić information content (AvgIpc) is 2.26. The van der Waals surface area contributed by atoms with E-state index in [-0.39, 0.29) is 6.61 Å². The number of hydrogen-bond acceptors (Lipinski definition) is 3. The van der Waals surface area contributed by atoms with Gasteiger partial charge >= 0.3 is 0 Å². The number of carbonyl (C=O) groups is 1. The molecule has 0 spiro atoms. The van der Waals surface area contributed by atoms with Gasteiger partial charge in [0, 0.05) is 23.1 Å². The Morgan fingerprint density at radius 1 is 1.53 bits per heavy atom. The van der Waals surface area contributed by atoms with Crippen LogP contribution in [-0.4, -0.2) is 31.1 Å². The zero-order chi connectivity index (χ0) is 11.3. The number of aliphatic hydroxyl groups excluding tert-OH is 1. The first-order valence-electron chi connectivity index (χ1n) is 4.83. The van der Waals surface area contributed by atoms with Gasteiger partial charge in [0.1, 0.15) is 6.29 Å². The van der Waals surface area contributed by atoms with E-state index in [1.807, 2.05) is 17.9 Å². The number of anilines is 1. The third-order valence-electron chi connectivity index (χ3n) is 2.20. The van der Waals surface area contributed by atoms with E-state index in [4.69, 9.17) is 5.11 Å². The van der Waals surface area contributed by atoms with Crippen LogP contribution in [0.25, 0.3) is 0 Å². The molecule has 1 aromatic carbocycles. The zero-order valence-corrected chi connectivity index (χ0v) is 10.2. The molecule has 15 heavy (non-hydrogen) atoms. The van der Waals surface area contributed by atoms with E-state index in [2.05, 4.69) is 15.9 Å². The molecule has 0 aliphatic rings. The minimum atomic E-state index is 0.121. The largest absolute Gasteiger partial charge is 0.395 e. The molecule has 3 nitrogen and oxygen atoms in total. The highest BCUT2D eigenvalue weighted by atomic mass is 79.9. The van der Waals surface area contributed by atoms with Crippen LogP contribution in [0.4, 0.5) is 5.69 Å². The summed E-state index contributed by atoms with van der Waals surface area (Å²) in [5, 5.41) is 8.91. The second kappa shape index (κ2) is 5.88. The Hall–Kier alpha value is -0.870. The van der Waals surface area contributed by atoms with Crippen molar-refractivity contribution in [2.45, 2.75) is 6.92 Å². The first-order chi connectivity index (χ1) is 7.22. The van der Waals surface area contributed by atoms with Crippen molar-refractivity contribution < 1.29 is 9.90 Å². The predicted molar refractivity (Wildman–Crippen MR) is 64.5 cm³/mol. The molecule has 0 bridgehead atoms. The summed E-state index contributed by atoms with van der Waals surface area (Å²) < 4.78 is 0.877. The summed E-state index contributed by atoms with van der Waals surface area (Å²) in [6, 6.07) is 5.43. The molecule has 0 atom stereocenters. The topological polar surface area (TPSA) is 40.5 Å². The number of benzene rings is 1. The van der Waals surface area contributed by atoms with Crippen molar-refractivity contribution in [2.24, 2.45) is 0 Å². The maximum Gasteiger partial charge on any atom is 0.150 e. The van der Waals surface area contributed by atoms with Gasteiger partial charge in [-0.2, -0.15) is 0 Å². The predicted octanol–water partition coefficient (Wildman–Crippen LogP) is 2.08. The average molecular weight is 272 g/mol. The molecular formula is C11H14BrNO2. The molecule has 4 heteroatoms. The van der Waals surface area contributed by atoms with Crippen LogP contribution in [-0.2, 0) is 0 Å². The van der Waals surface area contributed by atoms with Crippen LogP contribution < -0.4 is 4.90 Å². The summed E-state index contributed by atoms with van der Waals surface area (Å²) in [6.45, 7) is 3.56. The van der Waals surface area contributed by atoms with Gasteiger partial charge in [0.15, 0.2) is 0 Å². The van der Waals surface area contributed by atoms with Crippen LogP contribution in [0.15, 0.2) is 22.7 Å². The molecule has 1 rings (SSSR count). The van der Waals surface area contributed by atoms with E-state index in [0.717, 1.165) is 23.0 Å². The minimum absolute atomic E-state index is 0.121. The highest BCUT2D eigenvalue weighted by Gasteiger charge is 2.07. The molecule has 0 aliphatic carbocycles. The first-order valence-corrected chi connectivity index (χ1v) is 5.62. The lowest BCUT2D eigenvalue weighted by Gasteiger charge is -2.23. The second-order valence-corrected chi connectivity index (χ2v) is 3.99. The van der Waals surface area contributed by atoms with Crippen LogP contribution >= 0.6 is 15.9 Å². The highest BCUT2D eigenvalue weighted by molar-refractivity contribution is 9.10. The molecule has 0 unspecified atom stereocenters. The van der Waals surface area contributed by atoms with E-state index >= 15 is 0 Å². The van der Waals surface area contributed by atoms with Gasteiger partial charge in [-0.3, -0.25) is 4.79 Å². The third-order valence-corrected chi connectivity index (χ3v) is 2.84. The molecule has 0 amide bonds. The van der Waals surface area contributed by atoms with Crippen LogP contribution in [0.5, 0.6) is 0 Å². The van der Waals surface area contributed by atoms with E-state index in [0.29, 0.717) is 12.1 Å². The third kappa shape index (κ3) is 3.04. The molecule has 0 heterocycles. The summed E-state index contributed by atoms with van der Waals surface area (Å²) in [5.74, 6) is 0. The number of hydrogen-bond donors (Lipinski definition) is 1. The summed E-state index contributed by atoms with van der Waals surface area (Å²) in [5.41, 5.74) is 1.64. The lowest BCUT2D eigenvalue weighted by Crippen LogP contribution is -2.26. The molecule has 0 fully saturated rings. The van der Waals surface area contributed by atoms with Crippen LogP contribution in [0.1, 0.15) is 17.3 Å². The Morgan fingerprint density at radius 2 is 2.27 bits per heavy atom. The number of aldehydes is 1. The molecule has 1 N–H and O–H groups in total. The Bertz CT molecular complexity index is 341. The number of carbonyl (C=O) groups excluding carboxylic acids is 1. The molecular weight excluding hydrogens is 258 g/mol. The molecule has 0 saturated carbocycles. The Morgan fingerprint density at radius 3 is 2.73 bits per heavy atom. The fraction of sp³-hybridized carbons (Fsp3) is 0.364. The van der Waals surface area contributed by atoms with Gasteiger partial charge < -0.3 is 10.0 Å². The summed E-state index contributed by atoms with van der Waals surface area (Å²) in [6.07, 6.45) is 0.816. The number of aliphatic hydroxyl groups is 1. The smallest absolute Gasteiger partial charge is 0.150 e. The van der Waals surface area contributed by atoms with Crippen molar-refractivity contribution in [3.05, 3.63) is 28.2 Å². The lowest BCUT2D eigenvalue weighted by molar-refractivity contribution is 0.112. The summed E-state index contributed by atoms with van der Waals surface area (Å²) in [7, 11) is 0. The first kappa shape index (κ1) is 12.2. The quantitative estimate of drug-likeness (QED) is 0.834. The SMILES string of the molecule is CCN(CCO)c1ccc(C=O)cc1Br. The number of rotatable bonds is 5. The number of halogens is 1. The van der Waals surface area contributed by atoms with E-state index in [1.54, 1.807) is 12.1 Å².